The van der Waals surface area contributed by atoms with Gasteiger partial charge in [-0.25, -0.2) is 4.68 Å². The van der Waals surface area contributed by atoms with E-state index >= 15 is 0 Å². The highest BCUT2D eigenvalue weighted by molar-refractivity contribution is 6.04. The molecule has 0 bridgehead atoms. The summed E-state index contributed by atoms with van der Waals surface area (Å²) in [6.07, 6.45) is 2.07. The Kier molecular flexibility index (Phi) is 6.39. The standard InChI is InChI=1S/C28H26N4O3/c33-26(29-18-21-11-8-12-22(17-21)27(34)31-15-6-7-16-31)25-23-13-4-5-14-24(23)28(35)32(30-25)19-20-9-2-1-3-10-20/h1-5,8-14,17H,6-7,15-16,18-19H2,(H,29,33). The zero-order chi connectivity index (χ0) is 24.2. The molecule has 7 nitrogen and oxygen atoms in total. The van der Waals surface area contributed by atoms with E-state index in [-0.39, 0.29) is 36.2 Å². The van der Waals surface area contributed by atoms with Gasteiger partial charge in [-0.2, -0.15) is 5.10 Å². The van der Waals surface area contributed by atoms with Crippen molar-refractivity contribution in [2.75, 3.05) is 13.1 Å². The third kappa shape index (κ3) is 4.84. The van der Waals surface area contributed by atoms with Crippen LogP contribution in [0.5, 0.6) is 0 Å². The minimum atomic E-state index is -0.376. The van der Waals surface area contributed by atoms with Crippen molar-refractivity contribution in [3.05, 3.63) is 112 Å². The van der Waals surface area contributed by atoms with E-state index in [9.17, 15) is 14.4 Å². The summed E-state index contributed by atoms with van der Waals surface area (Å²) < 4.78 is 1.34. The van der Waals surface area contributed by atoms with Gasteiger partial charge in [0.25, 0.3) is 17.4 Å². The van der Waals surface area contributed by atoms with Gasteiger partial charge >= 0.3 is 0 Å². The van der Waals surface area contributed by atoms with Crippen molar-refractivity contribution in [1.82, 2.24) is 20.0 Å². The maximum absolute atomic E-state index is 13.2. The average Bonchev–Trinajstić information content (AvgIpc) is 3.44. The summed E-state index contributed by atoms with van der Waals surface area (Å²) in [7, 11) is 0. The molecule has 0 aliphatic carbocycles. The van der Waals surface area contributed by atoms with Crippen molar-refractivity contribution in [2.24, 2.45) is 0 Å². The Morgan fingerprint density at radius 3 is 2.29 bits per heavy atom. The lowest BCUT2D eigenvalue weighted by atomic mass is 10.1. The first-order chi connectivity index (χ1) is 17.1. The van der Waals surface area contributed by atoms with Gasteiger partial charge < -0.3 is 10.2 Å². The van der Waals surface area contributed by atoms with Crippen molar-refractivity contribution in [2.45, 2.75) is 25.9 Å². The van der Waals surface area contributed by atoms with E-state index in [0.29, 0.717) is 16.3 Å². The zero-order valence-electron chi connectivity index (χ0n) is 19.3. The molecule has 1 N–H and O–H groups in total. The Labute approximate surface area is 203 Å². The summed E-state index contributed by atoms with van der Waals surface area (Å²) in [4.78, 5) is 40.8. The molecule has 1 saturated heterocycles. The molecule has 5 rings (SSSR count). The van der Waals surface area contributed by atoms with Gasteiger partial charge in [0, 0.05) is 30.6 Å². The number of carbonyl (C=O) groups excluding carboxylic acids is 2. The first-order valence-electron chi connectivity index (χ1n) is 11.8. The van der Waals surface area contributed by atoms with Crippen LogP contribution in [0.25, 0.3) is 10.8 Å². The molecule has 35 heavy (non-hydrogen) atoms. The first-order valence-corrected chi connectivity index (χ1v) is 11.8. The third-order valence-corrected chi connectivity index (χ3v) is 6.28. The lowest BCUT2D eigenvalue weighted by molar-refractivity contribution is 0.0792. The van der Waals surface area contributed by atoms with Gasteiger partial charge in [-0.1, -0.05) is 60.7 Å². The lowest BCUT2D eigenvalue weighted by Gasteiger charge is -2.16. The summed E-state index contributed by atoms with van der Waals surface area (Å²) in [5, 5.41) is 8.31. The Balaban J connectivity index is 1.39. The molecule has 1 fully saturated rings. The quantitative estimate of drug-likeness (QED) is 0.471. The van der Waals surface area contributed by atoms with E-state index in [0.717, 1.165) is 37.1 Å². The number of hydrogen-bond acceptors (Lipinski definition) is 4. The van der Waals surface area contributed by atoms with Crippen molar-refractivity contribution < 1.29 is 9.59 Å². The predicted octanol–water partition coefficient (Wildman–Crippen LogP) is 3.61. The van der Waals surface area contributed by atoms with Crippen molar-refractivity contribution >= 4 is 22.6 Å². The van der Waals surface area contributed by atoms with Crippen LogP contribution in [-0.2, 0) is 13.1 Å². The number of carbonyl (C=O) groups is 2. The lowest BCUT2D eigenvalue weighted by Crippen LogP contribution is -2.31. The molecule has 0 saturated carbocycles. The van der Waals surface area contributed by atoms with E-state index in [4.69, 9.17) is 0 Å². The number of hydrogen-bond donors (Lipinski definition) is 1. The minimum absolute atomic E-state index is 0.0244. The Bertz CT molecular complexity index is 1440. The Hall–Kier alpha value is -4.26. The van der Waals surface area contributed by atoms with E-state index in [1.165, 1.54) is 4.68 Å². The molecule has 0 unspecified atom stereocenters. The Morgan fingerprint density at radius 2 is 1.51 bits per heavy atom. The molecule has 0 radical (unpaired) electrons. The summed E-state index contributed by atoms with van der Waals surface area (Å²) in [5.41, 5.74) is 2.32. The fourth-order valence-corrected chi connectivity index (χ4v) is 4.45. The number of amides is 2. The number of fused-ring (bicyclic) bond motifs is 1. The van der Waals surface area contributed by atoms with Gasteiger partial charge in [-0.15, -0.1) is 0 Å². The van der Waals surface area contributed by atoms with Crippen LogP contribution in [0.4, 0.5) is 0 Å². The number of nitrogens with zero attached hydrogens (tertiary/aromatic N) is 3. The average molecular weight is 467 g/mol. The highest BCUT2D eigenvalue weighted by Gasteiger charge is 2.20. The fraction of sp³-hybridized carbons (Fsp3) is 0.214. The van der Waals surface area contributed by atoms with Crippen LogP contribution in [0.15, 0.2) is 83.7 Å². The van der Waals surface area contributed by atoms with E-state index < -0.39 is 0 Å². The molecule has 1 aliphatic rings. The van der Waals surface area contributed by atoms with Crippen LogP contribution >= 0.6 is 0 Å². The predicted molar refractivity (Wildman–Crippen MR) is 134 cm³/mol. The summed E-state index contributed by atoms with van der Waals surface area (Å²) in [5.74, 6) is -0.351. The molecular weight excluding hydrogens is 440 g/mol. The second-order valence-electron chi connectivity index (χ2n) is 8.72. The topological polar surface area (TPSA) is 84.3 Å². The van der Waals surface area contributed by atoms with Crippen LogP contribution in [0.1, 0.15) is 44.8 Å². The molecule has 176 valence electrons. The smallest absolute Gasteiger partial charge is 0.274 e. The second kappa shape index (κ2) is 9.93. The van der Waals surface area contributed by atoms with E-state index in [1.54, 1.807) is 30.3 Å². The second-order valence-corrected chi connectivity index (χ2v) is 8.72. The Morgan fingerprint density at radius 1 is 0.829 bits per heavy atom. The minimum Gasteiger partial charge on any atom is -0.347 e. The van der Waals surface area contributed by atoms with Gasteiger partial charge in [-0.3, -0.25) is 14.4 Å². The molecule has 3 aromatic carbocycles. The number of benzene rings is 3. The zero-order valence-corrected chi connectivity index (χ0v) is 19.3. The molecule has 4 aromatic rings. The number of likely N-dealkylation sites (tertiary alicyclic amines) is 1. The monoisotopic (exact) mass is 466 g/mol. The van der Waals surface area contributed by atoms with Gasteiger partial charge in [-0.05, 0) is 42.2 Å². The fourth-order valence-electron chi connectivity index (χ4n) is 4.45. The largest absolute Gasteiger partial charge is 0.347 e. The van der Waals surface area contributed by atoms with Gasteiger partial charge in [0.05, 0.1) is 11.9 Å². The summed E-state index contributed by atoms with van der Waals surface area (Å²) in [6, 6.07) is 23.9. The third-order valence-electron chi connectivity index (χ3n) is 6.28. The van der Waals surface area contributed by atoms with Gasteiger partial charge in [0.15, 0.2) is 5.69 Å². The maximum Gasteiger partial charge on any atom is 0.274 e. The highest BCUT2D eigenvalue weighted by atomic mass is 16.2. The molecule has 2 heterocycles. The van der Waals surface area contributed by atoms with Crippen LogP contribution in [0.2, 0.25) is 0 Å². The highest BCUT2D eigenvalue weighted by Crippen LogP contribution is 2.16. The molecule has 7 heteroatoms. The molecule has 0 atom stereocenters. The van der Waals surface area contributed by atoms with E-state index in [2.05, 4.69) is 10.4 Å². The summed E-state index contributed by atoms with van der Waals surface area (Å²) >= 11 is 0. The first kappa shape index (κ1) is 22.5. The van der Waals surface area contributed by atoms with Gasteiger partial charge in [0.2, 0.25) is 0 Å². The molecule has 2 amide bonds. The normalized spacial score (nSPS) is 13.2. The van der Waals surface area contributed by atoms with Crippen LogP contribution in [0, 0.1) is 0 Å². The van der Waals surface area contributed by atoms with Crippen molar-refractivity contribution in [1.29, 1.82) is 0 Å². The number of nitrogens with one attached hydrogen (secondary N) is 1. The number of aromatic nitrogens is 2. The maximum atomic E-state index is 13.2. The van der Waals surface area contributed by atoms with Crippen molar-refractivity contribution in [3.8, 4) is 0 Å². The number of rotatable bonds is 6. The summed E-state index contributed by atoms with van der Waals surface area (Å²) in [6.45, 7) is 2.09. The molecule has 1 aromatic heterocycles. The molecule has 0 spiro atoms. The van der Waals surface area contributed by atoms with Crippen LogP contribution in [0.3, 0.4) is 0 Å². The molecule has 1 aliphatic heterocycles. The SMILES string of the molecule is O=C(NCc1cccc(C(=O)N2CCCC2)c1)c1nn(Cc2ccccc2)c(=O)c2ccccc12. The van der Waals surface area contributed by atoms with Crippen LogP contribution < -0.4 is 10.9 Å². The van der Waals surface area contributed by atoms with E-state index in [1.807, 2.05) is 53.4 Å². The molecular formula is C28H26N4O3. The van der Waals surface area contributed by atoms with Crippen LogP contribution in [-0.4, -0.2) is 39.6 Å². The van der Waals surface area contributed by atoms with Crippen molar-refractivity contribution in [3.63, 3.8) is 0 Å². The van der Waals surface area contributed by atoms with Gasteiger partial charge in [0.1, 0.15) is 0 Å².